The molecule has 1 aliphatic rings. The first-order valence-corrected chi connectivity index (χ1v) is 10.6. The van der Waals surface area contributed by atoms with Gasteiger partial charge in [0.25, 0.3) is 0 Å². The van der Waals surface area contributed by atoms with Crippen LogP contribution in [0.1, 0.15) is 18.4 Å². The molecule has 5 nitrogen and oxygen atoms in total. The van der Waals surface area contributed by atoms with E-state index in [2.05, 4.69) is 4.98 Å². The van der Waals surface area contributed by atoms with Crippen LogP contribution >= 0.6 is 23.2 Å². The fourth-order valence-corrected chi connectivity index (χ4v) is 5.03. The van der Waals surface area contributed by atoms with Crippen molar-refractivity contribution >= 4 is 33.2 Å². The second kappa shape index (κ2) is 8.13. The maximum Gasteiger partial charge on any atom is 0.243 e. The van der Waals surface area contributed by atoms with Gasteiger partial charge in [0.1, 0.15) is 10.9 Å². The Morgan fingerprint density at radius 3 is 2.54 bits per heavy atom. The number of rotatable bonds is 5. The van der Waals surface area contributed by atoms with Crippen molar-refractivity contribution in [3.63, 3.8) is 0 Å². The SMILES string of the molecule is Cc1cc(Cl)ccc1S(=O)(=O)N1CCC(COc2ccc(Cl)nc2)CC1. The van der Waals surface area contributed by atoms with Gasteiger partial charge in [0.2, 0.25) is 10.0 Å². The van der Waals surface area contributed by atoms with E-state index in [0.717, 1.165) is 12.8 Å². The first-order valence-electron chi connectivity index (χ1n) is 8.37. The van der Waals surface area contributed by atoms with Gasteiger partial charge in [-0.3, -0.25) is 0 Å². The van der Waals surface area contributed by atoms with E-state index < -0.39 is 10.0 Å². The number of hydrogen-bond acceptors (Lipinski definition) is 4. The van der Waals surface area contributed by atoms with Gasteiger partial charge in [-0.05, 0) is 61.6 Å². The van der Waals surface area contributed by atoms with E-state index >= 15 is 0 Å². The van der Waals surface area contributed by atoms with Gasteiger partial charge in [-0.15, -0.1) is 0 Å². The van der Waals surface area contributed by atoms with Gasteiger partial charge in [0.15, 0.2) is 0 Å². The molecule has 26 heavy (non-hydrogen) atoms. The van der Waals surface area contributed by atoms with Crippen molar-refractivity contribution in [3.05, 3.63) is 52.3 Å². The van der Waals surface area contributed by atoms with Crippen molar-refractivity contribution in [2.75, 3.05) is 19.7 Å². The van der Waals surface area contributed by atoms with Gasteiger partial charge in [0, 0.05) is 18.1 Å². The highest BCUT2D eigenvalue weighted by atomic mass is 35.5. The Balaban J connectivity index is 1.58. The zero-order chi connectivity index (χ0) is 18.7. The van der Waals surface area contributed by atoms with E-state index in [4.69, 9.17) is 27.9 Å². The van der Waals surface area contributed by atoms with Crippen LogP contribution < -0.4 is 4.74 Å². The first-order chi connectivity index (χ1) is 12.4. The normalized spacial score (nSPS) is 16.6. The highest BCUT2D eigenvalue weighted by Gasteiger charge is 2.30. The number of ether oxygens (including phenoxy) is 1. The molecule has 140 valence electrons. The van der Waals surface area contributed by atoms with Crippen LogP contribution in [0.2, 0.25) is 10.2 Å². The summed E-state index contributed by atoms with van der Waals surface area (Å²) < 4.78 is 33.0. The zero-order valence-corrected chi connectivity index (χ0v) is 16.7. The van der Waals surface area contributed by atoms with Crippen LogP contribution in [0.3, 0.4) is 0 Å². The van der Waals surface area contributed by atoms with Crippen molar-refractivity contribution in [1.82, 2.24) is 9.29 Å². The summed E-state index contributed by atoms with van der Waals surface area (Å²) in [7, 11) is -3.50. The standard InChI is InChI=1S/C18H20Cl2N2O3S/c1-13-10-15(19)2-4-17(13)26(23,24)22-8-6-14(7-9-22)12-25-16-3-5-18(20)21-11-16/h2-5,10-11,14H,6-9,12H2,1H3. The number of benzene rings is 1. The summed E-state index contributed by atoms with van der Waals surface area (Å²) in [6.07, 6.45) is 3.10. The Bertz CT molecular complexity index is 865. The molecule has 1 aliphatic heterocycles. The van der Waals surface area contributed by atoms with Crippen LogP contribution in [0.15, 0.2) is 41.4 Å². The molecule has 3 rings (SSSR count). The fraction of sp³-hybridized carbons (Fsp3) is 0.389. The predicted molar refractivity (Wildman–Crippen MR) is 102 cm³/mol. The molecule has 2 heterocycles. The summed E-state index contributed by atoms with van der Waals surface area (Å²) in [4.78, 5) is 4.30. The topological polar surface area (TPSA) is 59.5 Å². The van der Waals surface area contributed by atoms with E-state index in [0.29, 0.717) is 52.0 Å². The number of pyridine rings is 1. The maximum absolute atomic E-state index is 12.9. The summed E-state index contributed by atoms with van der Waals surface area (Å²) >= 11 is 11.7. The Morgan fingerprint density at radius 2 is 1.92 bits per heavy atom. The van der Waals surface area contributed by atoms with Gasteiger partial charge in [-0.1, -0.05) is 23.2 Å². The van der Waals surface area contributed by atoms with Crippen LogP contribution in [0.25, 0.3) is 0 Å². The Labute approximate surface area is 163 Å². The van der Waals surface area contributed by atoms with E-state index in [9.17, 15) is 8.42 Å². The number of aryl methyl sites for hydroxylation is 1. The molecule has 0 N–H and O–H groups in total. The molecule has 1 aromatic heterocycles. The lowest BCUT2D eigenvalue weighted by molar-refractivity contribution is 0.185. The number of hydrogen-bond donors (Lipinski definition) is 0. The third kappa shape index (κ3) is 4.49. The summed E-state index contributed by atoms with van der Waals surface area (Å²) in [5.41, 5.74) is 0.665. The molecule has 0 saturated carbocycles. The molecule has 1 fully saturated rings. The molecular weight excluding hydrogens is 395 g/mol. The van der Waals surface area contributed by atoms with Crippen LogP contribution in [0, 0.1) is 12.8 Å². The third-order valence-electron chi connectivity index (χ3n) is 4.51. The molecule has 0 bridgehead atoms. The lowest BCUT2D eigenvalue weighted by Crippen LogP contribution is -2.39. The third-order valence-corrected chi connectivity index (χ3v) is 7.03. The Hall–Kier alpha value is -1.34. The van der Waals surface area contributed by atoms with Crippen molar-refractivity contribution in [2.24, 2.45) is 5.92 Å². The largest absolute Gasteiger partial charge is 0.492 e. The van der Waals surface area contributed by atoms with Crippen molar-refractivity contribution < 1.29 is 13.2 Å². The average molecular weight is 415 g/mol. The number of nitrogens with zero attached hydrogens (tertiary/aromatic N) is 2. The summed E-state index contributed by atoms with van der Waals surface area (Å²) in [5, 5.41) is 0.961. The Kier molecular flexibility index (Phi) is 6.07. The van der Waals surface area contributed by atoms with Crippen LogP contribution in [0.5, 0.6) is 5.75 Å². The van der Waals surface area contributed by atoms with Gasteiger partial charge in [-0.2, -0.15) is 4.31 Å². The van der Waals surface area contributed by atoms with Crippen LogP contribution in [-0.4, -0.2) is 37.4 Å². The minimum Gasteiger partial charge on any atom is -0.492 e. The van der Waals surface area contributed by atoms with Crippen molar-refractivity contribution in [3.8, 4) is 5.75 Å². The van der Waals surface area contributed by atoms with Crippen LogP contribution in [-0.2, 0) is 10.0 Å². The van der Waals surface area contributed by atoms with E-state index in [1.165, 1.54) is 0 Å². The molecule has 0 atom stereocenters. The smallest absolute Gasteiger partial charge is 0.243 e. The lowest BCUT2D eigenvalue weighted by Gasteiger charge is -2.31. The molecule has 1 saturated heterocycles. The molecule has 1 aromatic carbocycles. The van der Waals surface area contributed by atoms with Crippen LogP contribution in [0.4, 0.5) is 0 Å². The van der Waals surface area contributed by atoms with E-state index in [1.807, 2.05) is 0 Å². The highest BCUT2D eigenvalue weighted by Crippen LogP contribution is 2.27. The molecule has 0 spiro atoms. The zero-order valence-electron chi connectivity index (χ0n) is 14.4. The summed E-state index contributed by atoms with van der Waals surface area (Å²) in [6, 6.07) is 8.33. The molecule has 2 aromatic rings. The number of halogens is 2. The fourth-order valence-electron chi connectivity index (χ4n) is 3.02. The lowest BCUT2D eigenvalue weighted by atomic mass is 9.99. The monoisotopic (exact) mass is 414 g/mol. The molecule has 0 amide bonds. The summed E-state index contributed by atoms with van der Waals surface area (Å²) in [5.74, 6) is 0.977. The molecule has 0 radical (unpaired) electrons. The maximum atomic E-state index is 12.9. The van der Waals surface area contributed by atoms with Gasteiger partial charge in [-0.25, -0.2) is 13.4 Å². The minimum absolute atomic E-state index is 0.309. The number of sulfonamides is 1. The molecule has 0 aliphatic carbocycles. The molecule has 8 heteroatoms. The van der Waals surface area contributed by atoms with Gasteiger partial charge < -0.3 is 4.74 Å². The van der Waals surface area contributed by atoms with Gasteiger partial charge in [0.05, 0.1) is 17.7 Å². The molecular formula is C18H20Cl2N2O3S. The van der Waals surface area contributed by atoms with E-state index in [-0.39, 0.29) is 0 Å². The quantitative estimate of drug-likeness (QED) is 0.688. The summed E-state index contributed by atoms with van der Waals surface area (Å²) in [6.45, 7) is 3.27. The Morgan fingerprint density at radius 1 is 1.19 bits per heavy atom. The van der Waals surface area contributed by atoms with Gasteiger partial charge >= 0.3 is 0 Å². The highest BCUT2D eigenvalue weighted by molar-refractivity contribution is 7.89. The second-order valence-corrected chi connectivity index (χ2v) is 9.11. The predicted octanol–water partition coefficient (Wildman–Crippen LogP) is 4.18. The second-order valence-electron chi connectivity index (χ2n) is 6.38. The number of aromatic nitrogens is 1. The van der Waals surface area contributed by atoms with Crippen molar-refractivity contribution in [1.29, 1.82) is 0 Å². The minimum atomic E-state index is -3.50. The molecule has 0 unspecified atom stereocenters. The average Bonchev–Trinajstić information content (AvgIpc) is 2.61. The van der Waals surface area contributed by atoms with Crippen molar-refractivity contribution in [2.45, 2.75) is 24.7 Å². The number of piperidine rings is 1. The first kappa shape index (κ1) is 19.4. The van der Waals surface area contributed by atoms with E-state index in [1.54, 1.807) is 47.8 Å².